The van der Waals surface area contributed by atoms with E-state index in [4.69, 9.17) is 9.15 Å². The number of carbonyl (C=O) groups is 1. The number of nitrogens with one attached hydrogen (secondary N) is 1. The maximum absolute atomic E-state index is 13.3. The molecule has 0 saturated carbocycles. The Labute approximate surface area is 189 Å². The highest BCUT2D eigenvalue weighted by molar-refractivity contribution is 6.01. The lowest BCUT2D eigenvalue weighted by atomic mass is 10.1. The van der Waals surface area contributed by atoms with Crippen molar-refractivity contribution in [2.45, 2.75) is 20.4 Å². The third-order valence-corrected chi connectivity index (χ3v) is 5.15. The number of hydrogen-bond acceptors (Lipinski definition) is 6. The molecule has 0 spiro atoms. The first kappa shape index (κ1) is 21.6. The summed E-state index contributed by atoms with van der Waals surface area (Å²) in [5, 5.41) is 12.2. The van der Waals surface area contributed by atoms with E-state index in [1.165, 1.54) is 16.7 Å². The summed E-state index contributed by atoms with van der Waals surface area (Å²) in [6.07, 6.45) is 4.25. The monoisotopic (exact) mass is 440 g/mol. The first-order valence-electron chi connectivity index (χ1n) is 10.2. The summed E-state index contributed by atoms with van der Waals surface area (Å²) in [6, 6.07) is 15.9. The normalized spacial score (nSPS) is 11.2. The van der Waals surface area contributed by atoms with E-state index in [-0.39, 0.29) is 23.6 Å². The molecule has 3 aromatic heterocycles. The number of fused-ring (bicyclic) bond motifs is 1. The quantitative estimate of drug-likeness (QED) is 0.359. The number of aromatic nitrogens is 2. The predicted molar refractivity (Wildman–Crippen MR) is 122 cm³/mol. The highest BCUT2D eigenvalue weighted by Crippen LogP contribution is 2.28. The van der Waals surface area contributed by atoms with Crippen molar-refractivity contribution in [2.75, 3.05) is 0 Å². The molecule has 0 aliphatic carbocycles. The van der Waals surface area contributed by atoms with Crippen LogP contribution in [-0.2, 0) is 11.3 Å². The number of nitrogens with zero attached hydrogens (tertiary/aromatic N) is 3. The second-order valence-corrected chi connectivity index (χ2v) is 7.30. The fourth-order valence-electron chi connectivity index (χ4n) is 3.19. The van der Waals surface area contributed by atoms with Gasteiger partial charge in [0.1, 0.15) is 34.4 Å². The Morgan fingerprint density at radius 1 is 1.21 bits per heavy atom. The van der Waals surface area contributed by atoms with Gasteiger partial charge in [-0.15, -0.1) is 0 Å². The van der Waals surface area contributed by atoms with Gasteiger partial charge in [0.15, 0.2) is 0 Å². The third-order valence-electron chi connectivity index (χ3n) is 5.15. The topological polar surface area (TPSA) is 110 Å². The number of nitriles is 1. The van der Waals surface area contributed by atoms with Crippen LogP contribution in [0, 0.1) is 25.2 Å². The number of rotatable bonds is 6. The molecule has 1 N–H and O–H groups in total. The van der Waals surface area contributed by atoms with Gasteiger partial charge in [0.25, 0.3) is 11.5 Å². The molecule has 0 radical (unpaired) electrons. The zero-order valence-electron chi connectivity index (χ0n) is 18.0. The lowest BCUT2D eigenvalue weighted by Crippen LogP contribution is -2.24. The maximum Gasteiger partial charge on any atom is 0.269 e. The summed E-state index contributed by atoms with van der Waals surface area (Å²) >= 11 is 0. The molecule has 1 aromatic carbocycles. The van der Waals surface area contributed by atoms with E-state index in [0.717, 1.165) is 11.1 Å². The molecular weight excluding hydrogens is 420 g/mol. The van der Waals surface area contributed by atoms with E-state index in [1.54, 1.807) is 42.6 Å². The van der Waals surface area contributed by atoms with Crippen molar-refractivity contribution in [3.63, 3.8) is 0 Å². The fourth-order valence-corrected chi connectivity index (χ4v) is 3.19. The highest BCUT2D eigenvalue weighted by atomic mass is 16.5. The molecule has 4 rings (SSSR count). The maximum atomic E-state index is 13.3. The molecule has 164 valence electrons. The summed E-state index contributed by atoms with van der Waals surface area (Å²) < 4.78 is 12.5. The highest BCUT2D eigenvalue weighted by Gasteiger charge is 2.18. The van der Waals surface area contributed by atoms with Crippen LogP contribution in [0.2, 0.25) is 0 Å². The van der Waals surface area contributed by atoms with E-state index >= 15 is 0 Å². The van der Waals surface area contributed by atoms with Crippen LogP contribution < -0.4 is 15.6 Å². The number of hydrogen-bond donors (Lipinski definition) is 1. The minimum absolute atomic E-state index is 0.00600. The molecule has 0 aliphatic rings. The summed E-state index contributed by atoms with van der Waals surface area (Å²) in [5.74, 6) is 0.417. The second-order valence-electron chi connectivity index (χ2n) is 7.30. The van der Waals surface area contributed by atoms with Crippen LogP contribution in [0.1, 0.15) is 22.5 Å². The van der Waals surface area contributed by atoms with Gasteiger partial charge in [0.2, 0.25) is 5.88 Å². The van der Waals surface area contributed by atoms with Crippen molar-refractivity contribution in [1.82, 2.24) is 14.7 Å². The Morgan fingerprint density at radius 2 is 2.06 bits per heavy atom. The molecule has 8 nitrogen and oxygen atoms in total. The zero-order chi connectivity index (χ0) is 23.4. The molecular formula is C25H20N4O4. The minimum Gasteiger partial charge on any atom is -0.467 e. The van der Waals surface area contributed by atoms with Gasteiger partial charge in [-0.3, -0.25) is 14.0 Å². The largest absolute Gasteiger partial charge is 0.467 e. The SMILES string of the molecule is Cc1cccc(Oc2nc3ccccn3c(=O)c2C=C(C#N)C(=O)NCc2ccco2)c1C. The number of furan rings is 1. The summed E-state index contributed by atoms with van der Waals surface area (Å²) in [4.78, 5) is 30.3. The van der Waals surface area contributed by atoms with E-state index in [0.29, 0.717) is 17.2 Å². The van der Waals surface area contributed by atoms with Gasteiger partial charge < -0.3 is 14.5 Å². The summed E-state index contributed by atoms with van der Waals surface area (Å²) in [5.41, 5.74) is 1.54. The number of aryl methyl sites for hydroxylation is 1. The molecule has 1 amide bonds. The molecule has 0 saturated heterocycles. The molecule has 0 bridgehead atoms. The Balaban J connectivity index is 1.79. The lowest BCUT2D eigenvalue weighted by molar-refractivity contribution is -0.117. The molecule has 4 aromatic rings. The van der Waals surface area contributed by atoms with E-state index < -0.39 is 11.5 Å². The number of benzene rings is 1. The molecule has 0 unspecified atom stereocenters. The standard InChI is InChI=1S/C25H20N4O4/c1-16-7-5-9-21(17(16)2)33-24-20(25(31)29-11-4-3-10-22(29)28-24)13-18(14-26)23(30)27-15-19-8-6-12-32-19/h3-13H,15H2,1-2H3,(H,27,30). The lowest BCUT2D eigenvalue weighted by Gasteiger charge is -2.13. The van der Waals surface area contributed by atoms with Crippen LogP contribution in [-0.4, -0.2) is 15.3 Å². The van der Waals surface area contributed by atoms with Crippen LogP contribution in [0.15, 0.2) is 75.8 Å². The van der Waals surface area contributed by atoms with Crippen molar-refractivity contribution in [3.05, 3.63) is 99.4 Å². The Hall–Kier alpha value is -4.64. The first-order valence-corrected chi connectivity index (χ1v) is 10.2. The van der Waals surface area contributed by atoms with Crippen molar-refractivity contribution >= 4 is 17.6 Å². The van der Waals surface area contributed by atoms with Crippen LogP contribution in [0.5, 0.6) is 11.6 Å². The first-order chi connectivity index (χ1) is 16.0. The Bertz CT molecular complexity index is 1460. The van der Waals surface area contributed by atoms with Gasteiger partial charge in [-0.05, 0) is 61.4 Å². The number of carbonyl (C=O) groups excluding carboxylic acids is 1. The molecule has 8 heteroatoms. The molecule has 0 atom stereocenters. The van der Waals surface area contributed by atoms with Crippen molar-refractivity contribution in [1.29, 1.82) is 5.26 Å². The van der Waals surface area contributed by atoms with Gasteiger partial charge >= 0.3 is 0 Å². The summed E-state index contributed by atoms with van der Waals surface area (Å²) in [6.45, 7) is 3.95. The zero-order valence-corrected chi connectivity index (χ0v) is 18.0. The van der Waals surface area contributed by atoms with Crippen LogP contribution in [0.4, 0.5) is 0 Å². The summed E-state index contributed by atoms with van der Waals surface area (Å²) in [7, 11) is 0. The van der Waals surface area contributed by atoms with Gasteiger partial charge in [0, 0.05) is 6.20 Å². The smallest absolute Gasteiger partial charge is 0.269 e. The van der Waals surface area contributed by atoms with E-state index in [2.05, 4.69) is 10.3 Å². The molecule has 0 fully saturated rings. The van der Waals surface area contributed by atoms with Crippen LogP contribution in [0.25, 0.3) is 11.7 Å². The minimum atomic E-state index is -0.649. The van der Waals surface area contributed by atoms with Crippen molar-refractivity contribution < 1.29 is 13.9 Å². The van der Waals surface area contributed by atoms with Crippen molar-refractivity contribution in [2.24, 2.45) is 0 Å². The molecule has 33 heavy (non-hydrogen) atoms. The second kappa shape index (κ2) is 9.24. The van der Waals surface area contributed by atoms with Crippen LogP contribution in [0.3, 0.4) is 0 Å². The third kappa shape index (κ3) is 4.52. The fraction of sp³-hybridized carbons (Fsp3) is 0.120. The Kier molecular flexibility index (Phi) is 6.04. The average Bonchev–Trinajstić information content (AvgIpc) is 3.34. The average molecular weight is 440 g/mol. The number of amides is 1. The van der Waals surface area contributed by atoms with E-state index in [1.807, 2.05) is 32.0 Å². The molecule has 0 aliphatic heterocycles. The van der Waals surface area contributed by atoms with Gasteiger partial charge in [-0.1, -0.05) is 18.2 Å². The number of ether oxygens (including phenoxy) is 1. The van der Waals surface area contributed by atoms with Crippen LogP contribution >= 0.6 is 0 Å². The van der Waals surface area contributed by atoms with E-state index in [9.17, 15) is 14.9 Å². The predicted octanol–water partition coefficient (Wildman–Crippen LogP) is 3.92. The van der Waals surface area contributed by atoms with Crippen molar-refractivity contribution in [3.8, 4) is 17.7 Å². The number of pyridine rings is 1. The van der Waals surface area contributed by atoms with Gasteiger partial charge in [0.05, 0.1) is 12.8 Å². The van der Waals surface area contributed by atoms with Gasteiger partial charge in [-0.2, -0.15) is 10.2 Å². The Morgan fingerprint density at radius 3 is 2.82 bits per heavy atom. The van der Waals surface area contributed by atoms with Gasteiger partial charge in [-0.25, -0.2) is 0 Å². The molecule has 3 heterocycles.